The summed E-state index contributed by atoms with van der Waals surface area (Å²) in [6.45, 7) is 13.7. The Morgan fingerprint density at radius 1 is 0.946 bits per heavy atom. The van der Waals surface area contributed by atoms with Gasteiger partial charge in [-0.1, -0.05) is 12.1 Å². The van der Waals surface area contributed by atoms with Gasteiger partial charge in [0, 0.05) is 55.2 Å². The molecule has 2 N–H and O–H groups in total. The van der Waals surface area contributed by atoms with Gasteiger partial charge in [0.05, 0.1) is 10.6 Å². The van der Waals surface area contributed by atoms with Gasteiger partial charge in [0.25, 0.3) is 0 Å². The van der Waals surface area contributed by atoms with Crippen molar-refractivity contribution in [1.29, 1.82) is 0 Å². The van der Waals surface area contributed by atoms with Crippen molar-refractivity contribution in [3.05, 3.63) is 71.0 Å². The van der Waals surface area contributed by atoms with E-state index in [9.17, 15) is 8.42 Å². The van der Waals surface area contributed by atoms with Crippen LogP contribution in [-0.4, -0.2) is 62.1 Å². The smallest absolute Gasteiger partial charge is 0.241 e. The third-order valence-electron chi connectivity index (χ3n) is 6.50. The number of benzene rings is 2. The highest BCUT2D eigenvalue weighted by Crippen LogP contribution is 2.23. The second-order valence-corrected chi connectivity index (χ2v) is 12.5. The third kappa shape index (κ3) is 7.06. The van der Waals surface area contributed by atoms with Crippen molar-refractivity contribution < 1.29 is 8.42 Å². The molecule has 1 aliphatic rings. The predicted molar refractivity (Wildman–Crippen MR) is 150 cm³/mol. The van der Waals surface area contributed by atoms with Crippen LogP contribution in [0.1, 0.15) is 43.3 Å². The van der Waals surface area contributed by atoms with E-state index < -0.39 is 15.6 Å². The van der Waals surface area contributed by atoms with Crippen molar-refractivity contribution in [3.63, 3.8) is 0 Å². The lowest BCUT2D eigenvalue weighted by molar-refractivity contribution is 0.313. The Bertz CT molecular complexity index is 1340. The third-order valence-corrected chi connectivity index (χ3v) is 8.26. The summed E-state index contributed by atoms with van der Waals surface area (Å²) >= 11 is 0. The quantitative estimate of drug-likeness (QED) is 0.479. The minimum Gasteiger partial charge on any atom is -0.369 e. The molecule has 0 bridgehead atoms. The van der Waals surface area contributed by atoms with E-state index in [0.29, 0.717) is 12.4 Å². The molecule has 1 fully saturated rings. The number of nitrogens with zero attached hydrogens (tertiary/aromatic N) is 4. The maximum atomic E-state index is 12.8. The molecule has 2 heterocycles. The molecule has 0 atom stereocenters. The molecule has 37 heavy (non-hydrogen) atoms. The van der Waals surface area contributed by atoms with E-state index >= 15 is 0 Å². The molecule has 9 heteroatoms. The normalized spacial score (nSPS) is 15.1. The van der Waals surface area contributed by atoms with Gasteiger partial charge in [-0.3, -0.25) is 0 Å². The van der Waals surface area contributed by atoms with Gasteiger partial charge in [-0.05, 0) is 89.2 Å². The lowest BCUT2D eigenvalue weighted by Crippen LogP contribution is -2.44. The number of rotatable bonds is 7. The van der Waals surface area contributed by atoms with Crippen LogP contribution in [0, 0.1) is 13.8 Å². The lowest BCUT2D eigenvalue weighted by Gasteiger charge is -2.34. The Hall–Kier alpha value is -3.01. The summed E-state index contributed by atoms with van der Waals surface area (Å²) < 4.78 is 28.4. The van der Waals surface area contributed by atoms with Gasteiger partial charge in [0.15, 0.2) is 0 Å². The second kappa shape index (κ2) is 10.8. The highest BCUT2D eigenvalue weighted by atomic mass is 32.2. The number of hydrogen-bond donors (Lipinski definition) is 2. The molecule has 1 saturated heterocycles. The summed E-state index contributed by atoms with van der Waals surface area (Å²) in [5.74, 6) is 0.531. The van der Waals surface area contributed by atoms with E-state index in [1.165, 1.54) is 5.69 Å². The molecule has 8 nitrogen and oxygen atoms in total. The molecule has 3 aromatic rings. The van der Waals surface area contributed by atoms with Crippen molar-refractivity contribution in [2.75, 3.05) is 43.4 Å². The van der Waals surface area contributed by atoms with Gasteiger partial charge in [-0.2, -0.15) is 0 Å². The Kier molecular flexibility index (Phi) is 7.87. The molecule has 0 spiro atoms. The number of sulfonamides is 1. The molecule has 198 valence electrons. The van der Waals surface area contributed by atoms with Crippen molar-refractivity contribution in [3.8, 4) is 0 Å². The van der Waals surface area contributed by atoms with Crippen molar-refractivity contribution in [1.82, 2.24) is 19.6 Å². The number of likely N-dealkylation sites (N-methyl/N-ethyl adjacent to an activating group) is 1. The van der Waals surface area contributed by atoms with Gasteiger partial charge in [0.2, 0.25) is 16.0 Å². The first-order valence-corrected chi connectivity index (χ1v) is 14.2. The number of hydrogen-bond acceptors (Lipinski definition) is 7. The molecule has 0 amide bonds. The minimum atomic E-state index is -3.62. The zero-order valence-electron chi connectivity index (χ0n) is 22.7. The topological polar surface area (TPSA) is 90.5 Å². The fourth-order valence-corrected chi connectivity index (χ4v) is 5.83. The van der Waals surface area contributed by atoms with E-state index in [0.717, 1.165) is 54.4 Å². The number of piperazine rings is 1. The Balaban J connectivity index is 1.51. The summed E-state index contributed by atoms with van der Waals surface area (Å²) in [6, 6.07) is 15.4. The van der Waals surface area contributed by atoms with Crippen LogP contribution in [0.3, 0.4) is 0 Å². The van der Waals surface area contributed by atoms with Crippen LogP contribution < -0.4 is 14.9 Å². The summed E-state index contributed by atoms with van der Waals surface area (Å²) in [4.78, 5) is 14.4. The summed E-state index contributed by atoms with van der Waals surface area (Å²) in [7, 11) is -1.46. The Labute approximate surface area is 221 Å². The molecule has 0 saturated carbocycles. The van der Waals surface area contributed by atoms with Crippen LogP contribution in [0.5, 0.6) is 0 Å². The fourth-order valence-electron chi connectivity index (χ4n) is 4.34. The highest BCUT2D eigenvalue weighted by Gasteiger charge is 2.22. The average molecular weight is 523 g/mol. The molecule has 1 aromatic heterocycles. The largest absolute Gasteiger partial charge is 0.369 e. The molecule has 1 aliphatic heterocycles. The van der Waals surface area contributed by atoms with Crippen molar-refractivity contribution >= 4 is 27.3 Å². The van der Waals surface area contributed by atoms with E-state index in [1.54, 1.807) is 18.2 Å². The van der Waals surface area contributed by atoms with Crippen LogP contribution in [0.2, 0.25) is 0 Å². The van der Waals surface area contributed by atoms with Crippen LogP contribution in [0.25, 0.3) is 0 Å². The van der Waals surface area contributed by atoms with Crippen LogP contribution >= 0.6 is 0 Å². The van der Waals surface area contributed by atoms with Crippen LogP contribution in [-0.2, 0) is 16.4 Å². The number of aromatic nitrogens is 2. The van der Waals surface area contributed by atoms with Crippen molar-refractivity contribution in [2.45, 2.75) is 51.5 Å². The molecular weight excluding hydrogens is 484 g/mol. The van der Waals surface area contributed by atoms with E-state index in [-0.39, 0.29) is 4.90 Å². The molecule has 2 aromatic carbocycles. The van der Waals surface area contributed by atoms with Gasteiger partial charge in [-0.25, -0.2) is 23.1 Å². The zero-order valence-corrected chi connectivity index (χ0v) is 23.5. The highest BCUT2D eigenvalue weighted by molar-refractivity contribution is 7.89. The molecule has 0 radical (unpaired) electrons. The fraction of sp³-hybridized carbons (Fsp3) is 0.429. The number of anilines is 3. The lowest BCUT2D eigenvalue weighted by atomic mass is 10.1. The standard InChI is InChI=1S/C28H38N6O2S/c1-20-21(2)29-27(30-23-10-12-24(13-11-23)34-16-14-33(6)15-17-34)31-26(20)19-22-8-7-9-25(18-22)37(35,36)32-28(3,4)5/h7-13,18,32H,14-17,19H2,1-6H3,(H,29,30,31). The first-order valence-electron chi connectivity index (χ1n) is 12.7. The van der Waals surface area contributed by atoms with Gasteiger partial charge < -0.3 is 15.1 Å². The van der Waals surface area contributed by atoms with E-state index in [4.69, 9.17) is 4.98 Å². The molecule has 4 rings (SSSR count). The second-order valence-electron chi connectivity index (χ2n) is 10.8. The van der Waals surface area contributed by atoms with Crippen LogP contribution in [0.15, 0.2) is 53.4 Å². The summed E-state index contributed by atoms with van der Waals surface area (Å²) in [6.07, 6.45) is 0.505. The predicted octanol–water partition coefficient (Wildman–Crippen LogP) is 4.26. The Morgan fingerprint density at radius 2 is 1.62 bits per heavy atom. The van der Waals surface area contributed by atoms with E-state index in [1.807, 2.05) is 40.7 Å². The first kappa shape index (κ1) is 27.0. The monoisotopic (exact) mass is 522 g/mol. The SMILES string of the molecule is Cc1nc(Nc2ccc(N3CCN(C)CC3)cc2)nc(Cc2cccc(S(=O)(=O)NC(C)(C)C)c2)c1C. The molecular formula is C28H38N6O2S. The maximum Gasteiger partial charge on any atom is 0.241 e. The van der Waals surface area contributed by atoms with Gasteiger partial charge in [0.1, 0.15) is 0 Å². The Morgan fingerprint density at radius 3 is 2.27 bits per heavy atom. The summed E-state index contributed by atoms with van der Waals surface area (Å²) in [5.41, 5.74) is 5.21. The van der Waals surface area contributed by atoms with Crippen LogP contribution in [0.4, 0.5) is 17.3 Å². The molecule has 0 aliphatic carbocycles. The summed E-state index contributed by atoms with van der Waals surface area (Å²) in [5, 5.41) is 3.34. The van der Waals surface area contributed by atoms with E-state index in [2.05, 4.69) is 56.1 Å². The zero-order chi connectivity index (χ0) is 26.8. The number of aryl methyl sites for hydroxylation is 1. The minimum absolute atomic E-state index is 0.252. The maximum absolute atomic E-state index is 12.8. The van der Waals surface area contributed by atoms with Gasteiger partial charge in [-0.15, -0.1) is 0 Å². The average Bonchev–Trinajstić information content (AvgIpc) is 2.82. The van der Waals surface area contributed by atoms with Crippen molar-refractivity contribution in [2.24, 2.45) is 0 Å². The van der Waals surface area contributed by atoms with Gasteiger partial charge >= 0.3 is 0 Å². The molecule has 0 unspecified atom stereocenters. The number of nitrogens with one attached hydrogen (secondary N) is 2. The first-order chi connectivity index (χ1) is 17.4.